The molecule has 1 aliphatic heterocycles. The van der Waals surface area contributed by atoms with Crippen molar-refractivity contribution in [3.63, 3.8) is 0 Å². The molecule has 1 aromatic rings. The molecule has 1 heterocycles. The maximum absolute atomic E-state index is 12.3. The number of esters is 1. The lowest BCUT2D eigenvalue weighted by molar-refractivity contribution is -0.148. The van der Waals surface area contributed by atoms with Gasteiger partial charge in [-0.05, 0) is 44.6 Å². The second-order valence-electron chi connectivity index (χ2n) is 4.95. The molecule has 1 fully saturated rings. The second kappa shape index (κ2) is 6.33. The van der Waals surface area contributed by atoms with Crippen molar-refractivity contribution in [2.75, 3.05) is 23.4 Å². The summed E-state index contributed by atoms with van der Waals surface area (Å²) in [4.78, 5) is 12.3. The maximum atomic E-state index is 12.3. The van der Waals surface area contributed by atoms with E-state index in [2.05, 4.69) is 24.4 Å². The van der Waals surface area contributed by atoms with Crippen molar-refractivity contribution in [3.05, 3.63) is 29.8 Å². The molecule has 1 aromatic carbocycles. The quantitative estimate of drug-likeness (QED) is 0.859. The normalized spacial score (nSPS) is 22.8. The molecule has 0 bridgehead atoms. The van der Waals surface area contributed by atoms with Gasteiger partial charge in [0.15, 0.2) is 0 Å². The van der Waals surface area contributed by atoms with Gasteiger partial charge in [-0.15, -0.1) is 0 Å². The van der Waals surface area contributed by atoms with E-state index >= 15 is 0 Å². The van der Waals surface area contributed by atoms with Crippen LogP contribution in [0.3, 0.4) is 0 Å². The van der Waals surface area contributed by atoms with Gasteiger partial charge in [0.05, 0.1) is 6.61 Å². The lowest BCUT2D eigenvalue weighted by Gasteiger charge is -2.36. The SMILES string of the molecule is CCOC(=O)C1(Nc2ccc(C)cc2)CCCSC1. The minimum absolute atomic E-state index is 0.122. The van der Waals surface area contributed by atoms with Crippen molar-refractivity contribution in [1.29, 1.82) is 0 Å². The molecule has 1 atom stereocenters. The van der Waals surface area contributed by atoms with Crippen molar-refractivity contribution in [3.8, 4) is 0 Å². The number of benzene rings is 1. The lowest BCUT2D eigenvalue weighted by atomic mass is 9.94. The summed E-state index contributed by atoms with van der Waals surface area (Å²) in [7, 11) is 0. The van der Waals surface area contributed by atoms with Gasteiger partial charge in [0.2, 0.25) is 0 Å². The highest BCUT2D eigenvalue weighted by molar-refractivity contribution is 7.99. The first-order chi connectivity index (χ1) is 9.16. The molecule has 3 nitrogen and oxygen atoms in total. The van der Waals surface area contributed by atoms with Crippen LogP contribution in [0.2, 0.25) is 0 Å². The van der Waals surface area contributed by atoms with Crippen LogP contribution in [-0.4, -0.2) is 29.6 Å². The van der Waals surface area contributed by atoms with Crippen molar-refractivity contribution >= 4 is 23.4 Å². The van der Waals surface area contributed by atoms with Gasteiger partial charge < -0.3 is 10.1 Å². The Balaban J connectivity index is 2.17. The lowest BCUT2D eigenvalue weighted by Crippen LogP contribution is -2.51. The van der Waals surface area contributed by atoms with Crippen LogP contribution < -0.4 is 5.32 Å². The number of hydrogen-bond donors (Lipinski definition) is 1. The maximum Gasteiger partial charge on any atom is 0.332 e. The summed E-state index contributed by atoms with van der Waals surface area (Å²) >= 11 is 1.82. The Morgan fingerprint density at radius 2 is 2.16 bits per heavy atom. The van der Waals surface area contributed by atoms with Crippen LogP contribution >= 0.6 is 11.8 Å². The zero-order valence-electron chi connectivity index (χ0n) is 11.6. The molecule has 0 amide bonds. The summed E-state index contributed by atoms with van der Waals surface area (Å²) in [5.41, 5.74) is 1.64. The van der Waals surface area contributed by atoms with Crippen LogP contribution in [0, 0.1) is 6.92 Å². The highest BCUT2D eigenvalue weighted by atomic mass is 32.2. The van der Waals surface area contributed by atoms with Gasteiger partial charge in [0.25, 0.3) is 0 Å². The van der Waals surface area contributed by atoms with Gasteiger partial charge in [-0.2, -0.15) is 11.8 Å². The molecule has 0 spiro atoms. The van der Waals surface area contributed by atoms with E-state index in [1.165, 1.54) is 5.56 Å². The summed E-state index contributed by atoms with van der Waals surface area (Å²) < 4.78 is 5.27. The standard InChI is InChI=1S/C15H21NO2S/c1-3-18-14(17)15(9-4-10-19-11-15)16-13-7-5-12(2)6-8-13/h5-8,16H,3-4,9-11H2,1-2H3. The molecule has 1 aliphatic rings. The van der Waals surface area contributed by atoms with Crippen LogP contribution in [-0.2, 0) is 9.53 Å². The Hall–Kier alpha value is -1.16. The minimum Gasteiger partial charge on any atom is -0.464 e. The van der Waals surface area contributed by atoms with Gasteiger partial charge in [-0.3, -0.25) is 0 Å². The van der Waals surface area contributed by atoms with E-state index in [0.29, 0.717) is 6.61 Å². The third kappa shape index (κ3) is 3.44. The summed E-state index contributed by atoms with van der Waals surface area (Å²) in [6.45, 7) is 4.34. The number of aryl methyl sites for hydroxylation is 1. The summed E-state index contributed by atoms with van der Waals surface area (Å²) in [5, 5.41) is 3.41. The average Bonchev–Trinajstić information content (AvgIpc) is 2.43. The molecule has 4 heteroatoms. The van der Waals surface area contributed by atoms with Crippen LogP contribution in [0.15, 0.2) is 24.3 Å². The van der Waals surface area contributed by atoms with Crippen molar-refractivity contribution < 1.29 is 9.53 Å². The van der Waals surface area contributed by atoms with Crippen LogP contribution in [0.5, 0.6) is 0 Å². The van der Waals surface area contributed by atoms with E-state index in [4.69, 9.17) is 4.74 Å². The van der Waals surface area contributed by atoms with E-state index in [9.17, 15) is 4.79 Å². The predicted octanol–water partition coefficient (Wildman–Crippen LogP) is 3.24. The highest BCUT2D eigenvalue weighted by Crippen LogP contribution is 2.31. The number of anilines is 1. The van der Waals surface area contributed by atoms with E-state index in [0.717, 1.165) is 30.0 Å². The molecular weight excluding hydrogens is 258 g/mol. The fourth-order valence-electron chi connectivity index (χ4n) is 2.29. The van der Waals surface area contributed by atoms with Crippen LogP contribution in [0.25, 0.3) is 0 Å². The first kappa shape index (κ1) is 14.3. The van der Waals surface area contributed by atoms with Crippen molar-refractivity contribution in [2.45, 2.75) is 32.2 Å². The van der Waals surface area contributed by atoms with Gasteiger partial charge in [0, 0.05) is 11.4 Å². The molecule has 19 heavy (non-hydrogen) atoms. The van der Waals surface area contributed by atoms with Crippen LogP contribution in [0.1, 0.15) is 25.3 Å². The largest absolute Gasteiger partial charge is 0.464 e. The Bertz CT molecular complexity index is 424. The minimum atomic E-state index is -0.561. The molecule has 104 valence electrons. The third-order valence-corrected chi connectivity index (χ3v) is 4.62. The third-order valence-electron chi connectivity index (χ3n) is 3.34. The predicted molar refractivity (Wildman–Crippen MR) is 80.7 cm³/mol. The van der Waals surface area contributed by atoms with E-state index < -0.39 is 5.54 Å². The van der Waals surface area contributed by atoms with E-state index in [1.807, 2.05) is 30.8 Å². The summed E-state index contributed by atoms with van der Waals surface area (Å²) in [6, 6.07) is 8.15. The first-order valence-electron chi connectivity index (χ1n) is 6.76. The Kier molecular flexibility index (Phi) is 4.75. The zero-order valence-corrected chi connectivity index (χ0v) is 12.4. The highest BCUT2D eigenvalue weighted by Gasteiger charge is 2.41. The van der Waals surface area contributed by atoms with Gasteiger partial charge in [-0.25, -0.2) is 4.79 Å². The monoisotopic (exact) mass is 279 g/mol. The molecular formula is C15H21NO2S. The Morgan fingerprint density at radius 3 is 2.74 bits per heavy atom. The summed E-state index contributed by atoms with van der Waals surface area (Å²) in [5.74, 6) is 1.78. The molecule has 0 saturated carbocycles. The number of ether oxygens (including phenoxy) is 1. The molecule has 1 N–H and O–H groups in total. The number of hydrogen-bond acceptors (Lipinski definition) is 4. The first-order valence-corrected chi connectivity index (χ1v) is 7.91. The fourth-order valence-corrected chi connectivity index (χ4v) is 3.46. The average molecular weight is 279 g/mol. The number of carbonyl (C=O) groups is 1. The molecule has 1 saturated heterocycles. The Morgan fingerprint density at radius 1 is 1.42 bits per heavy atom. The molecule has 0 radical (unpaired) electrons. The topological polar surface area (TPSA) is 38.3 Å². The summed E-state index contributed by atoms with van der Waals surface area (Å²) in [6.07, 6.45) is 1.88. The molecule has 0 aliphatic carbocycles. The van der Waals surface area contributed by atoms with Crippen LogP contribution in [0.4, 0.5) is 5.69 Å². The number of rotatable bonds is 4. The second-order valence-corrected chi connectivity index (χ2v) is 6.05. The van der Waals surface area contributed by atoms with E-state index in [-0.39, 0.29) is 5.97 Å². The van der Waals surface area contributed by atoms with Gasteiger partial charge >= 0.3 is 5.97 Å². The zero-order chi connectivity index (χ0) is 13.7. The van der Waals surface area contributed by atoms with Gasteiger partial charge in [-0.1, -0.05) is 17.7 Å². The number of nitrogens with one attached hydrogen (secondary N) is 1. The fraction of sp³-hybridized carbons (Fsp3) is 0.533. The number of thioether (sulfide) groups is 1. The van der Waals surface area contributed by atoms with Crippen molar-refractivity contribution in [2.24, 2.45) is 0 Å². The molecule has 0 aromatic heterocycles. The number of carbonyl (C=O) groups excluding carboxylic acids is 1. The van der Waals surface area contributed by atoms with Gasteiger partial charge in [0.1, 0.15) is 5.54 Å². The molecule has 2 rings (SSSR count). The van der Waals surface area contributed by atoms with E-state index in [1.54, 1.807) is 0 Å². The molecule has 1 unspecified atom stereocenters. The Labute approximate surface area is 119 Å². The van der Waals surface area contributed by atoms with Crippen molar-refractivity contribution in [1.82, 2.24) is 0 Å². The smallest absolute Gasteiger partial charge is 0.332 e.